The predicted octanol–water partition coefficient (Wildman–Crippen LogP) is 4.80. The molecule has 1 N–H and O–H groups in total. The zero-order valence-electron chi connectivity index (χ0n) is 11.9. The lowest BCUT2D eigenvalue weighted by atomic mass is 9.77. The summed E-state index contributed by atoms with van der Waals surface area (Å²) in [7, 11) is 0. The fraction of sp³-hybridized carbons (Fsp3) is 0.625. The largest absolute Gasteiger partial charge is 0.316 e. The third kappa shape index (κ3) is 4.74. The Kier molecular flexibility index (Phi) is 6.95. The quantitative estimate of drug-likeness (QED) is 0.680. The van der Waals surface area contributed by atoms with Crippen molar-refractivity contribution in [2.24, 2.45) is 5.41 Å². The normalized spacial score (nSPS) is 11.8. The number of rotatable bonds is 8. The lowest BCUT2D eigenvalue weighted by Gasteiger charge is -2.32. The molecule has 0 amide bonds. The molecule has 18 heavy (non-hydrogen) atoms. The first kappa shape index (κ1) is 15.7. The molecule has 0 spiro atoms. The van der Waals surface area contributed by atoms with Gasteiger partial charge in [-0.2, -0.15) is 0 Å². The van der Waals surface area contributed by atoms with E-state index >= 15 is 0 Å². The van der Waals surface area contributed by atoms with Crippen LogP contribution in [-0.4, -0.2) is 13.1 Å². The molecule has 0 saturated carbocycles. The van der Waals surface area contributed by atoms with Crippen LogP contribution in [0.5, 0.6) is 0 Å². The number of nitrogens with one attached hydrogen (secondary N) is 1. The molecular formula is C16H26BrN. The second-order valence-corrected chi connectivity index (χ2v) is 6.11. The van der Waals surface area contributed by atoms with Gasteiger partial charge in [0.25, 0.3) is 0 Å². The van der Waals surface area contributed by atoms with Crippen LogP contribution in [0.1, 0.15) is 45.6 Å². The fourth-order valence-corrected chi connectivity index (χ4v) is 2.87. The third-order valence-corrected chi connectivity index (χ3v) is 4.39. The molecule has 0 aliphatic rings. The second kappa shape index (κ2) is 7.96. The van der Waals surface area contributed by atoms with Crippen LogP contribution in [0.4, 0.5) is 0 Å². The van der Waals surface area contributed by atoms with E-state index in [1.54, 1.807) is 0 Å². The van der Waals surface area contributed by atoms with Crippen molar-refractivity contribution in [3.05, 3.63) is 34.3 Å². The SMILES string of the molecule is CCCNCC(CC)(CC)Cc1cccc(Br)c1. The van der Waals surface area contributed by atoms with Crippen molar-refractivity contribution in [2.45, 2.75) is 46.5 Å². The van der Waals surface area contributed by atoms with Gasteiger partial charge in [0.05, 0.1) is 0 Å². The zero-order chi connectivity index (χ0) is 13.4. The van der Waals surface area contributed by atoms with Crippen LogP contribution in [0, 0.1) is 5.41 Å². The number of benzene rings is 1. The van der Waals surface area contributed by atoms with E-state index < -0.39 is 0 Å². The molecule has 0 saturated heterocycles. The summed E-state index contributed by atoms with van der Waals surface area (Å²) in [5.74, 6) is 0. The summed E-state index contributed by atoms with van der Waals surface area (Å²) in [4.78, 5) is 0. The highest BCUT2D eigenvalue weighted by atomic mass is 79.9. The van der Waals surface area contributed by atoms with Crippen molar-refractivity contribution in [1.29, 1.82) is 0 Å². The van der Waals surface area contributed by atoms with Crippen LogP contribution < -0.4 is 5.32 Å². The lowest BCUT2D eigenvalue weighted by molar-refractivity contribution is 0.247. The van der Waals surface area contributed by atoms with Crippen LogP contribution in [0.3, 0.4) is 0 Å². The average Bonchev–Trinajstić information content (AvgIpc) is 2.38. The van der Waals surface area contributed by atoms with E-state index in [1.165, 1.54) is 29.3 Å². The van der Waals surface area contributed by atoms with Crippen LogP contribution in [0.2, 0.25) is 0 Å². The third-order valence-electron chi connectivity index (χ3n) is 3.89. The molecule has 0 heterocycles. The van der Waals surface area contributed by atoms with Crippen molar-refractivity contribution < 1.29 is 0 Å². The van der Waals surface area contributed by atoms with Gasteiger partial charge in [-0.3, -0.25) is 0 Å². The Balaban J connectivity index is 2.71. The fourth-order valence-electron chi connectivity index (χ4n) is 2.42. The molecule has 0 bridgehead atoms. The van der Waals surface area contributed by atoms with Crippen molar-refractivity contribution in [2.75, 3.05) is 13.1 Å². The molecule has 0 aliphatic carbocycles. The van der Waals surface area contributed by atoms with Gasteiger partial charge in [0.15, 0.2) is 0 Å². The number of hydrogen-bond donors (Lipinski definition) is 1. The van der Waals surface area contributed by atoms with E-state index in [4.69, 9.17) is 0 Å². The summed E-state index contributed by atoms with van der Waals surface area (Å²) in [6.45, 7) is 9.10. The van der Waals surface area contributed by atoms with Gasteiger partial charge in [0.1, 0.15) is 0 Å². The highest BCUT2D eigenvalue weighted by molar-refractivity contribution is 9.10. The minimum Gasteiger partial charge on any atom is -0.316 e. The van der Waals surface area contributed by atoms with Gasteiger partial charge in [0.2, 0.25) is 0 Å². The van der Waals surface area contributed by atoms with E-state index in [2.05, 4.69) is 66.3 Å². The Morgan fingerprint density at radius 3 is 2.44 bits per heavy atom. The minimum atomic E-state index is 0.399. The summed E-state index contributed by atoms with van der Waals surface area (Å²) >= 11 is 3.56. The first-order chi connectivity index (χ1) is 8.65. The molecule has 1 rings (SSSR count). The molecule has 0 aromatic heterocycles. The molecule has 0 fully saturated rings. The topological polar surface area (TPSA) is 12.0 Å². The van der Waals surface area contributed by atoms with Crippen molar-refractivity contribution in [1.82, 2.24) is 5.32 Å². The smallest absolute Gasteiger partial charge is 0.0177 e. The summed E-state index contributed by atoms with van der Waals surface area (Å²) in [6.07, 6.45) is 4.83. The zero-order valence-corrected chi connectivity index (χ0v) is 13.5. The molecule has 0 aliphatic heterocycles. The van der Waals surface area contributed by atoms with Crippen molar-refractivity contribution in [3.8, 4) is 0 Å². The molecule has 102 valence electrons. The van der Waals surface area contributed by atoms with Crippen molar-refractivity contribution in [3.63, 3.8) is 0 Å². The highest BCUT2D eigenvalue weighted by Crippen LogP contribution is 2.31. The van der Waals surface area contributed by atoms with Crippen LogP contribution in [0.25, 0.3) is 0 Å². The Bertz CT molecular complexity index is 345. The molecule has 0 radical (unpaired) electrons. The van der Waals surface area contributed by atoms with Gasteiger partial charge >= 0.3 is 0 Å². The van der Waals surface area contributed by atoms with E-state index in [0.29, 0.717) is 5.41 Å². The van der Waals surface area contributed by atoms with Gasteiger partial charge in [-0.1, -0.05) is 48.8 Å². The predicted molar refractivity (Wildman–Crippen MR) is 84.0 cm³/mol. The van der Waals surface area contributed by atoms with E-state index in [0.717, 1.165) is 19.5 Å². The Labute approximate surface area is 120 Å². The standard InChI is InChI=1S/C16H26BrN/c1-4-10-18-13-16(5-2,6-3)12-14-8-7-9-15(17)11-14/h7-9,11,18H,4-6,10,12-13H2,1-3H3. The number of halogens is 1. The molecule has 0 unspecified atom stereocenters. The molecule has 2 heteroatoms. The van der Waals surface area contributed by atoms with E-state index in [9.17, 15) is 0 Å². The van der Waals surface area contributed by atoms with Crippen molar-refractivity contribution >= 4 is 15.9 Å². The Hall–Kier alpha value is -0.340. The second-order valence-electron chi connectivity index (χ2n) is 5.19. The number of hydrogen-bond acceptors (Lipinski definition) is 1. The Morgan fingerprint density at radius 2 is 1.89 bits per heavy atom. The first-order valence-electron chi connectivity index (χ1n) is 7.11. The first-order valence-corrected chi connectivity index (χ1v) is 7.90. The molecule has 1 nitrogen and oxygen atoms in total. The maximum atomic E-state index is 3.60. The Morgan fingerprint density at radius 1 is 1.17 bits per heavy atom. The van der Waals surface area contributed by atoms with E-state index in [-0.39, 0.29) is 0 Å². The summed E-state index contributed by atoms with van der Waals surface area (Å²) < 4.78 is 1.18. The van der Waals surface area contributed by atoms with Gasteiger partial charge in [0, 0.05) is 11.0 Å². The highest BCUT2D eigenvalue weighted by Gasteiger charge is 2.25. The van der Waals surface area contributed by atoms with Crippen LogP contribution >= 0.6 is 15.9 Å². The maximum Gasteiger partial charge on any atom is 0.0177 e. The van der Waals surface area contributed by atoms with Gasteiger partial charge < -0.3 is 5.32 Å². The van der Waals surface area contributed by atoms with Crippen LogP contribution in [-0.2, 0) is 6.42 Å². The van der Waals surface area contributed by atoms with Gasteiger partial charge in [-0.05, 0) is 55.3 Å². The summed E-state index contributed by atoms with van der Waals surface area (Å²) in [5.41, 5.74) is 1.84. The molecular weight excluding hydrogens is 286 g/mol. The molecule has 1 aromatic rings. The molecule has 0 atom stereocenters. The van der Waals surface area contributed by atoms with Crippen LogP contribution in [0.15, 0.2) is 28.7 Å². The van der Waals surface area contributed by atoms with Gasteiger partial charge in [-0.15, -0.1) is 0 Å². The minimum absolute atomic E-state index is 0.399. The maximum absolute atomic E-state index is 3.60. The summed E-state index contributed by atoms with van der Waals surface area (Å²) in [6, 6.07) is 8.72. The lowest BCUT2D eigenvalue weighted by Crippen LogP contribution is -2.35. The molecule has 1 aromatic carbocycles. The van der Waals surface area contributed by atoms with E-state index in [1.807, 2.05) is 0 Å². The summed E-state index contributed by atoms with van der Waals surface area (Å²) in [5, 5.41) is 3.60. The monoisotopic (exact) mass is 311 g/mol. The average molecular weight is 312 g/mol. The van der Waals surface area contributed by atoms with Gasteiger partial charge in [-0.25, -0.2) is 0 Å².